The van der Waals surface area contributed by atoms with Gasteiger partial charge in [-0.25, -0.2) is 8.78 Å². The highest BCUT2D eigenvalue weighted by atomic mass is 32.1. The molecule has 0 aliphatic rings. The average Bonchev–Trinajstić information content (AvgIpc) is 4.01. The first kappa shape index (κ1) is 51.6. The Morgan fingerprint density at radius 3 is 1.16 bits per heavy atom. The molecule has 7 heterocycles. The Balaban J connectivity index is 0.000000340. The molecule has 7 aromatic rings. The highest BCUT2D eigenvalue weighted by molar-refractivity contribution is 7.10. The minimum Gasteiger partial charge on any atom is -0.469 e. The van der Waals surface area contributed by atoms with Gasteiger partial charge in [-0.1, -0.05) is 27.7 Å². The Hall–Kier alpha value is -4.41. The Morgan fingerprint density at radius 1 is 0.466 bits per heavy atom. The van der Waals surface area contributed by atoms with Crippen LogP contribution in [-0.4, -0.2) is 0 Å². The fourth-order valence-corrected chi connectivity index (χ4v) is 7.03. The van der Waals surface area contributed by atoms with E-state index in [1.165, 1.54) is 67.6 Å². The largest absolute Gasteiger partial charge is 0.469 e. The molecule has 0 spiro atoms. The maximum absolute atomic E-state index is 12.2. The Bertz CT molecular complexity index is 1910. The van der Waals surface area contributed by atoms with E-state index >= 15 is 0 Å². The van der Waals surface area contributed by atoms with Crippen molar-refractivity contribution in [2.45, 2.75) is 136 Å². The van der Waals surface area contributed by atoms with Crippen LogP contribution in [-0.2, 0) is 0 Å². The second kappa shape index (κ2) is 25.2. The van der Waals surface area contributed by atoms with Crippen molar-refractivity contribution in [3.05, 3.63) is 160 Å². The van der Waals surface area contributed by atoms with Gasteiger partial charge in [-0.2, -0.15) is 4.39 Å². The van der Waals surface area contributed by atoms with Gasteiger partial charge in [-0.15, -0.1) is 22.7 Å². The highest BCUT2D eigenvalue weighted by Gasteiger charge is 2.07. The number of halogens is 3. The van der Waals surface area contributed by atoms with Gasteiger partial charge in [0, 0.05) is 28.0 Å². The maximum Gasteiger partial charge on any atom is 0.278 e. The van der Waals surface area contributed by atoms with E-state index in [0.29, 0.717) is 34.9 Å². The third-order valence-electron chi connectivity index (χ3n) is 9.11. The predicted octanol–water partition coefficient (Wildman–Crippen LogP) is 16.9. The summed E-state index contributed by atoms with van der Waals surface area (Å²) in [6.07, 6.45) is 3.02. The Morgan fingerprint density at radius 2 is 1.00 bits per heavy atom. The number of hydrogen-bond donors (Lipinski definition) is 0. The maximum atomic E-state index is 12.2. The number of thiophene rings is 2. The first-order valence-electron chi connectivity index (χ1n) is 19.2. The molecule has 0 atom stereocenters. The normalized spacial score (nSPS) is 10.1. The number of hydrogen-bond acceptors (Lipinski definition) is 7. The fourth-order valence-electron chi connectivity index (χ4n) is 4.90. The summed E-state index contributed by atoms with van der Waals surface area (Å²) in [4.78, 5) is 3.00. The molecule has 0 amide bonds. The van der Waals surface area contributed by atoms with E-state index in [0.717, 1.165) is 22.8 Å². The van der Waals surface area contributed by atoms with Gasteiger partial charge >= 0.3 is 0 Å². The molecule has 7 aromatic heterocycles. The molecule has 10 heteroatoms. The molecule has 0 fully saturated rings. The molecular weight excluding hydrogens is 778 g/mol. The Kier molecular flexibility index (Phi) is 22.4. The molecule has 0 saturated heterocycles. The van der Waals surface area contributed by atoms with Gasteiger partial charge in [0.05, 0.1) is 12.5 Å². The van der Waals surface area contributed by atoms with Crippen LogP contribution in [0.25, 0.3) is 0 Å². The monoisotopic (exact) mass is 842 g/mol. The summed E-state index contributed by atoms with van der Waals surface area (Å²) in [5, 5.41) is 4.51. The summed E-state index contributed by atoms with van der Waals surface area (Å²) < 4.78 is 60.4. The summed E-state index contributed by atoms with van der Waals surface area (Å²) in [6.45, 7) is 36.2. The van der Waals surface area contributed by atoms with Crippen LogP contribution in [0.5, 0.6) is 0 Å². The van der Waals surface area contributed by atoms with Crippen LogP contribution < -0.4 is 0 Å². The van der Waals surface area contributed by atoms with Crippen molar-refractivity contribution in [3.8, 4) is 0 Å². The highest BCUT2D eigenvalue weighted by Crippen LogP contribution is 2.28. The zero-order chi connectivity index (χ0) is 44.4. The van der Waals surface area contributed by atoms with Crippen LogP contribution in [0.3, 0.4) is 0 Å². The minimum atomic E-state index is -0.500. The number of furan rings is 5. The molecular formula is C48H65F3O5S2. The summed E-state index contributed by atoms with van der Waals surface area (Å²) in [5.41, 5.74) is 9.25. The molecule has 0 radical (unpaired) electrons. The zero-order valence-corrected chi connectivity index (χ0v) is 39.5. The van der Waals surface area contributed by atoms with Crippen LogP contribution in [0.1, 0.15) is 129 Å². The van der Waals surface area contributed by atoms with Crippen molar-refractivity contribution in [3.63, 3.8) is 0 Å². The van der Waals surface area contributed by atoms with Crippen molar-refractivity contribution >= 4 is 22.7 Å². The number of aryl methyl sites for hydroxylation is 12. The molecule has 0 aromatic carbocycles. The molecule has 0 aliphatic heterocycles. The lowest BCUT2D eigenvalue weighted by atomic mass is 10.0. The van der Waals surface area contributed by atoms with E-state index in [1.54, 1.807) is 34.0 Å². The lowest BCUT2D eigenvalue weighted by Crippen LogP contribution is -1.86. The van der Waals surface area contributed by atoms with Crippen molar-refractivity contribution < 1.29 is 35.3 Å². The van der Waals surface area contributed by atoms with Gasteiger partial charge in [0.1, 0.15) is 40.3 Å². The molecule has 0 bridgehead atoms. The van der Waals surface area contributed by atoms with E-state index in [4.69, 9.17) is 13.3 Å². The lowest BCUT2D eigenvalue weighted by Gasteiger charge is -2.02. The standard InChI is InChI=1S/2C9H14S.C7H10O.2C6H7FO.C6H8O.C5H5FO/c1-6(2)9-5-10-8(4)7(9)3;1-6(2)9-8(4)7(3)5-10-9;1-5-4-6(2)8-7(5)3;1-4-3-6(7)5(2)8-4;1-4-3-6(7)8-5(4)2;1-5-3-4-7-6(5)2;1-4-5(6)2-3-7-4/h2*5-6H,1-4H3;4H,1-3H3;2*3H,1-2H3;3-4H,1-2H3;2-3H,1H3. The van der Waals surface area contributed by atoms with E-state index in [-0.39, 0.29) is 11.6 Å². The summed E-state index contributed by atoms with van der Waals surface area (Å²) in [7, 11) is 0. The van der Waals surface area contributed by atoms with Crippen LogP contribution in [0, 0.1) is 115 Å². The smallest absolute Gasteiger partial charge is 0.278 e. The topological polar surface area (TPSA) is 65.7 Å². The molecule has 58 heavy (non-hydrogen) atoms. The second-order valence-corrected chi connectivity index (χ2v) is 16.7. The molecule has 0 unspecified atom stereocenters. The van der Waals surface area contributed by atoms with Crippen LogP contribution in [0.2, 0.25) is 0 Å². The van der Waals surface area contributed by atoms with Crippen molar-refractivity contribution in [1.82, 2.24) is 0 Å². The van der Waals surface area contributed by atoms with Gasteiger partial charge < -0.3 is 22.1 Å². The van der Waals surface area contributed by atoms with Crippen molar-refractivity contribution in [2.75, 3.05) is 0 Å². The SMILES string of the molecule is Cc1cc(C)c(C)o1.Cc1cc(F)c(C)o1.Cc1cc(F)oc1C.Cc1ccoc1C.Cc1csc(C(C)C)c1C.Cc1occc1F.Cc1scc(C(C)C)c1C. The summed E-state index contributed by atoms with van der Waals surface area (Å²) in [5.74, 6) is 5.87. The van der Waals surface area contributed by atoms with Crippen LogP contribution in [0.15, 0.2) is 75.7 Å². The lowest BCUT2D eigenvalue weighted by molar-refractivity contribution is 0.345. The van der Waals surface area contributed by atoms with Crippen LogP contribution >= 0.6 is 22.7 Å². The van der Waals surface area contributed by atoms with E-state index in [1.807, 2.05) is 76.3 Å². The second-order valence-electron chi connectivity index (χ2n) is 14.7. The van der Waals surface area contributed by atoms with Gasteiger partial charge in [-0.05, 0) is 171 Å². The summed E-state index contributed by atoms with van der Waals surface area (Å²) >= 11 is 3.74. The quantitative estimate of drug-likeness (QED) is 0.173. The molecule has 0 aliphatic carbocycles. The molecule has 5 nitrogen and oxygen atoms in total. The average molecular weight is 843 g/mol. The van der Waals surface area contributed by atoms with Gasteiger partial charge in [0.25, 0.3) is 6.01 Å². The molecule has 320 valence electrons. The van der Waals surface area contributed by atoms with Gasteiger partial charge in [0.15, 0.2) is 11.6 Å². The van der Waals surface area contributed by atoms with Gasteiger partial charge in [0.2, 0.25) is 0 Å². The minimum absolute atomic E-state index is 0.262. The zero-order valence-electron chi connectivity index (χ0n) is 37.8. The van der Waals surface area contributed by atoms with E-state index in [9.17, 15) is 13.2 Å². The van der Waals surface area contributed by atoms with Crippen molar-refractivity contribution in [1.29, 1.82) is 0 Å². The first-order chi connectivity index (χ1) is 27.0. The van der Waals surface area contributed by atoms with E-state index < -0.39 is 6.01 Å². The third-order valence-corrected chi connectivity index (χ3v) is 11.6. The number of rotatable bonds is 2. The first-order valence-corrected chi connectivity index (χ1v) is 21.0. The third kappa shape index (κ3) is 18.0. The predicted molar refractivity (Wildman–Crippen MR) is 237 cm³/mol. The van der Waals surface area contributed by atoms with Crippen molar-refractivity contribution in [2.24, 2.45) is 0 Å². The van der Waals surface area contributed by atoms with Gasteiger partial charge in [-0.3, -0.25) is 0 Å². The van der Waals surface area contributed by atoms with Crippen LogP contribution in [0.4, 0.5) is 13.2 Å². The van der Waals surface area contributed by atoms with E-state index in [2.05, 4.69) is 75.0 Å². The molecule has 7 rings (SSSR count). The summed E-state index contributed by atoms with van der Waals surface area (Å²) in [6, 6.07) is 7.52. The Labute approximate surface area is 353 Å². The fraction of sp³-hybridized carbons (Fsp3) is 0.417. The molecule has 0 N–H and O–H groups in total. The molecule has 0 saturated carbocycles.